The second kappa shape index (κ2) is 4.65. The van der Waals surface area contributed by atoms with Gasteiger partial charge in [0.15, 0.2) is 0 Å². The van der Waals surface area contributed by atoms with Crippen molar-refractivity contribution in [1.29, 1.82) is 0 Å². The molecule has 1 unspecified atom stereocenters. The lowest BCUT2D eigenvalue weighted by atomic mass is 9.89. The standard InChI is InChI=1S/C13H18O2/c1-2-7-15-13(14)6-5-12-9-10-3-4-11(12)8-10/h2,5-6,10-12H,1,3-4,7-9H2/b6-5+/t10-,11+,12?/m1/s1. The number of fused-ring (bicyclic) bond motifs is 2. The van der Waals surface area contributed by atoms with Crippen molar-refractivity contribution in [1.82, 2.24) is 0 Å². The van der Waals surface area contributed by atoms with Crippen molar-refractivity contribution in [2.75, 3.05) is 6.61 Å². The summed E-state index contributed by atoms with van der Waals surface area (Å²) in [5.74, 6) is 2.14. The van der Waals surface area contributed by atoms with Crippen LogP contribution in [0.5, 0.6) is 0 Å². The van der Waals surface area contributed by atoms with E-state index < -0.39 is 0 Å². The fourth-order valence-electron chi connectivity index (χ4n) is 2.92. The zero-order valence-corrected chi connectivity index (χ0v) is 9.02. The molecule has 82 valence electrons. The highest BCUT2D eigenvalue weighted by atomic mass is 16.5. The Hall–Kier alpha value is -1.05. The Kier molecular flexibility index (Phi) is 3.24. The molecule has 0 spiro atoms. The molecule has 0 aromatic heterocycles. The Balaban J connectivity index is 1.79. The summed E-state index contributed by atoms with van der Waals surface area (Å²) >= 11 is 0. The van der Waals surface area contributed by atoms with Gasteiger partial charge in [-0.25, -0.2) is 4.79 Å². The Labute approximate surface area is 91.0 Å². The van der Waals surface area contributed by atoms with E-state index in [0.717, 1.165) is 11.8 Å². The molecule has 15 heavy (non-hydrogen) atoms. The SMILES string of the molecule is C=CCOC(=O)/C=C/C1C[C@@H]2CC[C@H]1C2. The average molecular weight is 206 g/mol. The molecule has 0 N–H and O–H groups in total. The summed E-state index contributed by atoms with van der Waals surface area (Å²) in [6.07, 6.45) is 10.6. The molecule has 2 saturated carbocycles. The summed E-state index contributed by atoms with van der Waals surface area (Å²) in [5, 5.41) is 0. The number of carbonyl (C=O) groups excluding carboxylic acids is 1. The molecule has 0 aromatic rings. The molecule has 0 aliphatic heterocycles. The van der Waals surface area contributed by atoms with E-state index in [1.165, 1.54) is 25.7 Å². The third-order valence-electron chi connectivity index (χ3n) is 3.62. The Bertz CT molecular complexity index is 280. The van der Waals surface area contributed by atoms with Gasteiger partial charge in [0.05, 0.1) is 0 Å². The van der Waals surface area contributed by atoms with Gasteiger partial charge in [0.2, 0.25) is 0 Å². The van der Waals surface area contributed by atoms with Crippen LogP contribution < -0.4 is 0 Å². The lowest BCUT2D eigenvalue weighted by molar-refractivity contribution is -0.136. The Morgan fingerprint density at radius 2 is 2.27 bits per heavy atom. The first-order chi connectivity index (χ1) is 7.29. The van der Waals surface area contributed by atoms with Crippen LogP contribution >= 0.6 is 0 Å². The summed E-state index contributed by atoms with van der Waals surface area (Å²) in [5.41, 5.74) is 0. The molecule has 2 aliphatic carbocycles. The first kappa shape index (κ1) is 10.5. The number of esters is 1. The Morgan fingerprint density at radius 3 is 2.87 bits per heavy atom. The lowest BCUT2D eigenvalue weighted by Gasteiger charge is -2.17. The number of rotatable bonds is 4. The molecule has 0 radical (unpaired) electrons. The Morgan fingerprint density at radius 1 is 1.40 bits per heavy atom. The van der Waals surface area contributed by atoms with Crippen LogP contribution in [-0.4, -0.2) is 12.6 Å². The average Bonchev–Trinajstić information content (AvgIpc) is 2.84. The summed E-state index contributed by atoms with van der Waals surface area (Å²) in [6, 6.07) is 0. The lowest BCUT2D eigenvalue weighted by Crippen LogP contribution is -2.08. The summed E-state index contributed by atoms with van der Waals surface area (Å²) in [4.78, 5) is 11.2. The van der Waals surface area contributed by atoms with E-state index in [0.29, 0.717) is 12.5 Å². The van der Waals surface area contributed by atoms with E-state index in [1.807, 2.05) is 0 Å². The highest BCUT2D eigenvalue weighted by molar-refractivity contribution is 5.82. The minimum absolute atomic E-state index is 0.238. The topological polar surface area (TPSA) is 26.3 Å². The predicted octanol–water partition coefficient (Wildman–Crippen LogP) is 2.71. The molecule has 0 saturated heterocycles. The third kappa shape index (κ3) is 2.49. The fraction of sp³-hybridized carbons (Fsp3) is 0.615. The molecule has 2 fully saturated rings. The number of hydrogen-bond donors (Lipinski definition) is 0. The van der Waals surface area contributed by atoms with E-state index in [1.54, 1.807) is 12.2 Å². The quantitative estimate of drug-likeness (QED) is 0.401. The number of carbonyl (C=O) groups is 1. The second-order valence-corrected chi connectivity index (χ2v) is 4.62. The fourth-order valence-corrected chi connectivity index (χ4v) is 2.92. The van der Waals surface area contributed by atoms with Gasteiger partial charge < -0.3 is 4.74 Å². The normalized spacial score (nSPS) is 33.5. The molecular weight excluding hydrogens is 188 g/mol. The third-order valence-corrected chi connectivity index (χ3v) is 3.62. The zero-order valence-electron chi connectivity index (χ0n) is 9.02. The van der Waals surface area contributed by atoms with Crippen LogP contribution in [0.3, 0.4) is 0 Å². The van der Waals surface area contributed by atoms with Crippen molar-refractivity contribution < 1.29 is 9.53 Å². The van der Waals surface area contributed by atoms with Gasteiger partial charge in [0.1, 0.15) is 6.61 Å². The molecule has 0 amide bonds. The van der Waals surface area contributed by atoms with E-state index in [9.17, 15) is 4.79 Å². The molecular formula is C13H18O2. The van der Waals surface area contributed by atoms with Crippen molar-refractivity contribution in [3.63, 3.8) is 0 Å². The number of allylic oxidation sites excluding steroid dienone is 1. The van der Waals surface area contributed by atoms with Gasteiger partial charge in [-0.2, -0.15) is 0 Å². The highest BCUT2D eigenvalue weighted by Crippen LogP contribution is 2.48. The second-order valence-electron chi connectivity index (χ2n) is 4.62. The van der Waals surface area contributed by atoms with Crippen molar-refractivity contribution in [2.45, 2.75) is 25.7 Å². The molecule has 2 rings (SSSR count). The van der Waals surface area contributed by atoms with Crippen molar-refractivity contribution >= 4 is 5.97 Å². The maximum atomic E-state index is 11.2. The number of hydrogen-bond acceptors (Lipinski definition) is 2. The highest BCUT2D eigenvalue weighted by Gasteiger charge is 2.37. The predicted molar refractivity (Wildman–Crippen MR) is 59.2 cm³/mol. The molecule has 2 nitrogen and oxygen atoms in total. The molecule has 3 atom stereocenters. The van der Waals surface area contributed by atoms with Gasteiger partial charge in [0, 0.05) is 6.08 Å². The van der Waals surface area contributed by atoms with E-state index in [-0.39, 0.29) is 5.97 Å². The van der Waals surface area contributed by atoms with E-state index >= 15 is 0 Å². The van der Waals surface area contributed by atoms with Crippen LogP contribution in [0.2, 0.25) is 0 Å². The first-order valence-electron chi connectivity index (χ1n) is 5.75. The number of ether oxygens (including phenoxy) is 1. The summed E-state index contributed by atoms with van der Waals surface area (Å²) in [6.45, 7) is 3.81. The van der Waals surface area contributed by atoms with Crippen LogP contribution in [0.4, 0.5) is 0 Å². The van der Waals surface area contributed by atoms with E-state index in [2.05, 4.69) is 12.7 Å². The minimum atomic E-state index is -0.238. The van der Waals surface area contributed by atoms with Crippen LogP contribution in [0.15, 0.2) is 24.8 Å². The van der Waals surface area contributed by atoms with Gasteiger partial charge in [-0.3, -0.25) is 0 Å². The summed E-state index contributed by atoms with van der Waals surface area (Å²) < 4.78 is 4.89. The van der Waals surface area contributed by atoms with Gasteiger partial charge in [-0.05, 0) is 37.0 Å². The monoisotopic (exact) mass is 206 g/mol. The van der Waals surface area contributed by atoms with Gasteiger partial charge in [0.25, 0.3) is 0 Å². The smallest absolute Gasteiger partial charge is 0.330 e. The van der Waals surface area contributed by atoms with Crippen molar-refractivity contribution in [2.24, 2.45) is 17.8 Å². The van der Waals surface area contributed by atoms with Crippen LogP contribution in [0, 0.1) is 17.8 Å². The van der Waals surface area contributed by atoms with Crippen LogP contribution in [0.1, 0.15) is 25.7 Å². The maximum Gasteiger partial charge on any atom is 0.330 e. The van der Waals surface area contributed by atoms with E-state index in [4.69, 9.17) is 4.74 Å². The van der Waals surface area contributed by atoms with Crippen molar-refractivity contribution in [3.8, 4) is 0 Å². The summed E-state index contributed by atoms with van der Waals surface area (Å²) in [7, 11) is 0. The molecule has 0 heterocycles. The van der Waals surface area contributed by atoms with Gasteiger partial charge in [-0.15, -0.1) is 0 Å². The minimum Gasteiger partial charge on any atom is -0.458 e. The van der Waals surface area contributed by atoms with Gasteiger partial charge in [-0.1, -0.05) is 25.2 Å². The zero-order chi connectivity index (χ0) is 10.7. The van der Waals surface area contributed by atoms with Crippen LogP contribution in [0.25, 0.3) is 0 Å². The molecule has 2 aliphatic rings. The van der Waals surface area contributed by atoms with Gasteiger partial charge >= 0.3 is 5.97 Å². The van der Waals surface area contributed by atoms with Crippen molar-refractivity contribution in [3.05, 3.63) is 24.8 Å². The van der Waals surface area contributed by atoms with Crippen LogP contribution in [-0.2, 0) is 9.53 Å². The largest absolute Gasteiger partial charge is 0.458 e. The molecule has 0 aromatic carbocycles. The maximum absolute atomic E-state index is 11.2. The molecule has 2 heteroatoms. The first-order valence-corrected chi connectivity index (χ1v) is 5.75. The molecule has 2 bridgehead atoms.